The summed E-state index contributed by atoms with van der Waals surface area (Å²) in [5.41, 5.74) is 0.929. The number of allylic oxidation sites excluding steroid dienone is 2. The Hall–Kier alpha value is -4.21. The highest BCUT2D eigenvalue weighted by atomic mass is 16.5. The minimum absolute atomic E-state index is 0.0343. The highest BCUT2D eigenvalue weighted by Gasteiger charge is 2.34. The first-order chi connectivity index (χ1) is 15.3. The van der Waals surface area contributed by atoms with Gasteiger partial charge >= 0.3 is 0 Å². The number of aromatic nitrogens is 2. The van der Waals surface area contributed by atoms with Gasteiger partial charge in [-0.15, -0.1) is 0 Å². The van der Waals surface area contributed by atoms with Crippen LogP contribution < -0.4 is 10.1 Å². The lowest BCUT2D eigenvalue weighted by molar-refractivity contribution is -0.121. The average molecular weight is 439 g/mol. The largest absolute Gasteiger partial charge is 0.507 e. The number of carbonyl (C=O) groups excluding carboxylic acids is 3. The van der Waals surface area contributed by atoms with Crippen LogP contribution in [0.2, 0.25) is 0 Å². The summed E-state index contributed by atoms with van der Waals surface area (Å²) >= 11 is 0. The average Bonchev–Trinajstić information content (AvgIpc) is 2.79. The highest BCUT2D eigenvalue weighted by molar-refractivity contribution is 6.23. The van der Waals surface area contributed by atoms with Gasteiger partial charge in [-0.05, 0) is 24.6 Å². The molecule has 2 aromatic rings. The number of amides is 1. The van der Waals surface area contributed by atoms with Gasteiger partial charge in [-0.1, -0.05) is 6.07 Å². The number of rotatable bonds is 7. The number of phenolic OH excluding ortho intramolecular Hbond substituents is 1. The molecule has 0 saturated carbocycles. The molecule has 166 valence electrons. The first-order valence-corrected chi connectivity index (χ1v) is 9.41. The third kappa shape index (κ3) is 4.29. The van der Waals surface area contributed by atoms with Crippen LogP contribution in [0.25, 0.3) is 0 Å². The molecular weight excluding hydrogens is 418 g/mol. The van der Waals surface area contributed by atoms with Crippen LogP contribution >= 0.6 is 0 Å². The van der Waals surface area contributed by atoms with Gasteiger partial charge in [0.05, 0.1) is 26.9 Å². The Morgan fingerprint density at radius 3 is 2.34 bits per heavy atom. The number of carbonyl (C=O) groups is 3. The van der Waals surface area contributed by atoms with Gasteiger partial charge in [-0.2, -0.15) is 0 Å². The number of hydrogen-bond acceptors (Lipinski definition) is 9. The molecule has 0 atom stereocenters. The summed E-state index contributed by atoms with van der Waals surface area (Å²) in [5, 5.41) is 12.7. The van der Waals surface area contributed by atoms with E-state index in [0.717, 1.165) is 0 Å². The predicted octanol–water partition coefficient (Wildman–Crippen LogP) is 1.96. The molecule has 1 aliphatic carbocycles. The van der Waals surface area contributed by atoms with Crippen LogP contribution in [0.1, 0.15) is 22.8 Å². The van der Waals surface area contributed by atoms with Gasteiger partial charge in [0.1, 0.15) is 17.9 Å². The summed E-state index contributed by atoms with van der Waals surface area (Å²) in [6, 6.07) is 5.75. The maximum atomic E-state index is 12.8. The summed E-state index contributed by atoms with van der Waals surface area (Å²) in [7, 11) is 4.00. The van der Waals surface area contributed by atoms with Gasteiger partial charge in [-0.3, -0.25) is 14.4 Å². The third-order valence-corrected chi connectivity index (χ3v) is 4.87. The van der Waals surface area contributed by atoms with E-state index in [2.05, 4.69) is 15.3 Å². The second-order valence-corrected chi connectivity index (χ2v) is 6.76. The quantitative estimate of drug-likeness (QED) is 0.620. The Kier molecular flexibility index (Phi) is 6.53. The first kappa shape index (κ1) is 22.5. The summed E-state index contributed by atoms with van der Waals surface area (Å²) in [6.45, 7) is 1.53. The standard InChI is InChI=1S/C22H21N3O7/c1-11-13(19(28)21(32-4)20(31-3)18(11)27)7-12-5-6-15(26)14(8-12)22(29)25-16-9-17(30-2)24-10-23-16/h5-6,8-10,26H,7H2,1-4H3,(H,23,24,25,29). The molecule has 0 spiro atoms. The van der Waals surface area contributed by atoms with E-state index in [1.54, 1.807) is 6.07 Å². The second-order valence-electron chi connectivity index (χ2n) is 6.76. The Balaban J connectivity index is 1.89. The van der Waals surface area contributed by atoms with Crippen molar-refractivity contribution in [1.82, 2.24) is 9.97 Å². The lowest BCUT2D eigenvalue weighted by atomic mass is 9.88. The minimum atomic E-state index is -0.624. The summed E-state index contributed by atoms with van der Waals surface area (Å²) in [6.07, 6.45) is 1.27. The fourth-order valence-corrected chi connectivity index (χ4v) is 3.19. The van der Waals surface area contributed by atoms with E-state index < -0.39 is 17.5 Å². The van der Waals surface area contributed by atoms with Crippen molar-refractivity contribution in [2.45, 2.75) is 13.3 Å². The molecule has 1 aromatic heterocycles. The topological polar surface area (TPSA) is 137 Å². The number of ketones is 2. The number of ether oxygens (including phenoxy) is 3. The molecule has 0 saturated heterocycles. The summed E-state index contributed by atoms with van der Waals surface area (Å²) < 4.78 is 15.1. The van der Waals surface area contributed by atoms with Crippen molar-refractivity contribution in [3.05, 3.63) is 64.4 Å². The molecule has 10 nitrogen and oxygen atoms in total. The Morgan fingerprint density at radius 2 is 1.69 bits per heavy atom. The number of methoxy groups -OCH3 is 3. The van der Waals surface area contributed by atoms with Gasteiger partial charge < -0.3 is 24.6 Å². The normalized spacial score (nSPS) is 13.9. The number of anilines is 1. The number of Topliss-reactive ketones (excluding diaryl/α,β-unsaturated/α-hetero) is 2. The number of nitrogens with zero attached hydrogens (tertiary/aromatic N) is 2. The molecule has 10 heteroatoms. The van der Waals surface area contributed by atoms with E-state index in [-0.39, 0.29) is 52.1 Å². The van der Waals surface area contributed by atoms with Gasteiger partial charge in [0.15, 0.2) is 0 Å². The maximum absolute atomic E-state index is 12.8. The van der Waals surface area contributed by atoms with E-state index in [4.69, 9.17) is 14.2 Å². The first-order valence-electron chi connectivity index (χ1n) is 9.41. The zero-order valence-corrected chi connectivity index (χ0v) is 17.9. The third-order valence-electron chi connectivity index (χ3n) is 4.87. The Labute approximate surface area is 183 Å². The van der Waals surface area contributed by atoms with Crippen molar-refractivity contribution >= 4 is 23.3 Å². The van der Waals surface area contributed by atoms with Crippen LogP contribution in [-0.2, 0) is 25.5 Å². The van der Waals surface area contributed by atoms with Crippen LogP contribution in [0.15, 0.2) is 53.3 Å². The summed E-state index contributed by atoms with van der Waals surface area (Å²) in [5.74, 6) is -1.70. The van der Waals surface area contributed by atoms with E-state index in [9.17, 15) is 19.5 Å². The smallest absolute Gasteiger partial charge is 0.260 e. The number of aromatic hydroxyl groups is 1. The molecule has 32 heavy (non-hydrogen) atoms. The Bertz CT molecular complexity index is 1170. The second kappa shape index (κ2) is 9.29. The fraction of sp³-hybridized carbons (Fsp3) is 0.227. The molecule has 0 bridgehead atoms. The lowest BCUT2D eigenvalue weighted by Crippen LogP contribution is -2.26. The molecule has 1 aromatic carbocycles. The van der Waals surface area contributed by atoms with E-state index in [1.807, 2.05) is 0 Å². The van der Waals surface area contributed by atoms with Crippen molar-refractivity contribution in [3.63, 3.8) is 0 Å². The monoisotopic (exact) mass is 439 g/mol. The number of benzene rings is 1. The van der Waals surface area contributed by atoms with Crippen LogP contribution in [-0.4, -0.2) is 53.9 Å². The maximum Gasteiger partial charge on any atom is 0.260 e. The number of nitrogens with one attached hydrogen (secondary N) is 1. The van der Waals surface area contributed by atoms with Gasteiger partial charge in [0.25, 0.3) is 5.91 Å². The predicted molar refractivity (Wildman–Crippen MR) is 112 cm³/mol. The molecule has 2 N–H and O–H groups in total. The van der Waals surface area contributed by atoms with Crippen LogP contribution in [0.4, 0.5) is 5.82 Å². The van der Waals surface area contributed by atoms with Gasteiger partial charge in [-0.25, -0.2) is 9.97 Å². The van der Waals surface area contributed by atoms with Crippen LogP contribution in [0.3, 0.4) is 0 Å². The van der Waals surface area contributed by atoms with E-state index >= 15 is 0 Å². The highest BCUT2D eigenvalue weighted by Crippen LogP contribution is 2.29. The molecule has 0 fully saturated rings. The van der Waals surface area contributed by atoms with Crippen molar-refractivity contribution in [3.8, 4) is 11.6 Å². The van der Waals surface area contributed by atoms with Gasteiger partial charge in [0.2, 0.25) is 29.0 Å². The molecule has 1 heterocycles. The summed E-state index contributed by atoms with van der Waals surface area (Å²) in [4.78, 5) is 45.9. The van der Waals surface area contributed by atoms with Crippen LogP contribution in [0, 0.1) is 0 Å². The molecule has 0 radical (unpaired) electrons. The SMILES string of the molecule is COC1=C(OC)C(=O)C(Cc2ccc(O)c(C(=O)Nc3cc(OC)ncn3)c2)=C(C)C1=O. The molecule has 0 aliphatic heterocycles. The zero-order valence-electron chi connectivity index (χ0n) is 17.9. The van der Waals surface area contributed by atoms with Crippen molar-refractivity contribution in [1.29, 1.82) is 0 Å². The molecule has 3 rings (SSSR count). The number of hydrogen-bond donors (Lipinski definition) is 2. The fourth-order valence-electron chi connectivity index (χ4n) is 3.19. The van der Waals surface area contributed by atoms with Crippen molar-refractivity contribution in [2.75, 3.05) is 26.6 Å². The zero-order chi connectivity index (χ0) is 23.4. The molecule has 0 unspecified atom stereocenters. The minimum Gasteiger partial charge on any atom is -0.507 e. The number of phenols is 1. The van der Waals surface area contributed by atoms with E-state index in [0.29, 0.717) is 5.56 Å². The Morgan fingerprint density at radius 1 is 1.00 bits per heavy atom. The van der Waals surface area contributed by atoms with Crippen molar-refractivity contribution in [2.24, 2.45) is 0 Å². The van der Waals surface area contributed by atoms with Gasteiger partial charge in [0, 0.05) is 23.6 Å². The molecular formula is C22H21N3O7. The van der Waals surface area contributed by atoms with Crippen LogP contribution in [0.5, 0.6) is 11.6 Å². The lowest BCUT2D eigenvalue weighted by Gasteiger charge is -2.20. The molecule has 1 aliphatic rings. The van der Waals surface area contributed by atoms with E-state index in [1.165, 1.54) is 52.8 Å². The van der Waals surface area contributed by atoms with Crippen molar-refractivity contribution < 1.29 is 33.7 Å². The molecule has 1 amide bonds.